The van der Waals surface area contributed by atoms with Crippen molar-refractivity contribution in [2.24, 2.45) is 10.9 Å². The van der Waals surface area contributed by atoms with Crippen LogP contribution in [0.25, 0.3) is 0 Å². The summed E-state index contributed by atoms with van der Waals surface area (Å²) in [5.41, 5.74) is 2.34. The molecule has 0 bridgehead atoms. The van der Waals surface area contributed by atoms with Crippen molar-refractivity contribution in [3.8, 4) is 11.5 Å². The van der Waals surface area contributed by atoms with Crippen LogP contribution in [0.15, 0.2) is 17.1 Å². The highest BCUT2D eigenvalue weighted by molar-refractivity contribution is 5.79. The molecule has 3 rings (SSSR count). The summed E-state index contributed by atoms with van der Waals surface area (Å²) in [4.78, 5) is 6.99. The molecule has 6 nitrogen and oxygen atoms in total. The van der Waals surface area contributed by atoms with Gasteiger partial charge in [0.2, 0.25) is 0 Å². The van der Waals surface area contributed by atoms with E-state index in [9.17, 15) is 0 Å². The maximum absolute atomic E-state index is 5.94. The summed E-state index contributed by atoms with van der Waals surface area (Å²) in [5, 5.41) is 6.97. The molecule has 2 unspecified atom stereocenters. The van der Waals surface area contributed by atoms with Gasteiger partial charge in [-0.05, 0) is 65.1 Å². The predicted octanol–water partition coefficient (Wildman–Crippen LogP) is 3.19. The number of hydrogen-bond donors (Lipinski definition) is 2. The lowest BCUT2D eigenvalue weighted by Gasteiger charge is -2.35. The second-order valence-corrected chi connectivity index (χ2v) is 8.54. The van der Waals surface area contributed by atoms with Crippen molar-refractivity contribution in [1.29, 1.82) is 0 Å². The second kappa shape index (κ2) is 10.2. The number of rotatable bonds is 7. The van der Waals surface area contributed by atoms with E-state index in [0.717, 1.165) is 42.5 Å². The Bertz CT molecular complexity index is 704. The number of nitrogens with zero attached hydrogens (tertiary/aromatic N) is 2. The van der Waals surface area contributed by atoms with E-state index in [0.29, 0.717) is 25.1 Å². The zero-order valence-electron chi connectivity index (χ0n) is 18.8. The molecule has 0 aromatic heterocycles. The normalized spacial score (nSPS) is 22.3. The average Bonchev–Trinajstić information content (AvgIpc) is 3.07. The van der Waals surface area contributed by atoms with E-state index in [4.69, 9.17) is 9.47 Å². The first kappa shape index (κ1) is 21.8. The Labute approximate surface area is 176 Å². The quantitative estimate of drug-likeness (QED) is 0.542. The van der Waals surface area contributed by atoms with Crippen LogP contribution in [0.5, 0.6) is 11.5 Å². The molecular formula is C23H38N4O2. The molecule has 2 aliphatic rings. The Morgan fingerprint density at radius 3 is 2.90 bits per heavy atom. The van der Waals surface area contributed by atoms with Gasteiger partial charge in [-0.2, -0.15) is 0 Å². The maximum atomic E-state index is 5.94. The Balaban J connectivity index is 1.56. The molecule has 0 spiro atoms. The minimum absolute atomic E-state index is 0.234. The molecule has 2 heterocycles. The maximum Gasteiger partial charge on any atom is 0.191 e. The van der Waals surface area contributed by atoms with Crippen molar-refractivity contribution in [3.63, 3.8) is 0 Å². The number of benzene rings is 1. The van der Waals surface area contributed by atoms with Crippen LogP contribution in [0.1, 0.15) is 51.7 Å². The molecule has 0 radical (unpaired) electrons. The van der Waals surface area contributed by atoms with Gasteiger partial charge >= 0.3 is 0 Å². The molecule has 2 atom stereocenters. The summed E-state index contributed by atoms with van der Waals surface area (Å²) in [6.45, 7) is 13.3. The standard InChI is InChI=1S/C23H38N4O2/c1-6-28-21-11-19-10-17(4)29-22(19)12-20(21)14-26-23(24-5)25-13-18-8-7-9-27(15-18)16(2)3/h11-12,16-18H,6-10,13-15H2,1-5H3,(H2,24,25,26). The molecule has 6 heteroatoms. The van der Waals surface area contributed by atoms with Gasteiger partial charge in [0.25, 0.3) is 0 Å². The van der Waals surface area contributed by atoms with Crippen molar-refractivity contribution in [3.05, 3.63) is 23.3 Å². The van der Waals surface area contributed by atoms with Gasteiger partial charge in [-0.25, -0.2) is 0 Å². The number of hydrogen-bond acceptors (Lipinski definition) is 4. The summed E-state index contributed by atoms with van der Waals surface area (Å²) < 4.78 is 11.8. The van der Waals surface area contributed by atoms with Crippen molar-refractivity contribution < 1.29 is 9.47 Å². The van der Waals surface area contributed by atoms with Crippen LogP contribution in [0.3, 0.4) is 0 Å². The number of aliphatic imine (C=N–C) groups is 1. The van der Waals surface area contributed by atoms with E-state index >= 15 is 0 Å². The van der Waals surface area contributed by atoms with Gasteiger partial charge in [0.15, 0.2) is 5.96 Å². The Hall–Kier alpha value is -1.95. The molecular weight excluding hydrogens is 364 g/mol. The fourth-order valence-corrected chi connectivity index (χ4v) is 4.28. The van der Waals surface area contributed by atoms with Gasteiger partial charge < -0.3 is 25.0 Å². The lowest BCUT2D eigenvalue weighted by molar-refractivity contribution is 0.141. The molecule has 29 heavy (non-hydrogen) atoms. The lowest BCUT2D eigenvalue weighted by Crippen LogP contribution is -2.46. The monoisotopic (exact) mass is 402 g/mol. The Kier molecular flexibility index (Phi) is 7.64. The summed E-state index contributed by atoms with van der Waals surface area (Å²) in [6.07, 6.45) is 3.74. The first-order chi connectivity index (χ1) is 14.0. The molecule has 162 valence electrons. The molecule has 2 aliphatic heterocycles. The van der Waals surface area contributed by atoms with Crippen LogP contribution < -0.4 is 20.1 Å². The highest BCUT2D eigenvalue weighted by Gasteiger charge is 2.23. The van der Waals surface area contributed by atoms with Gasteiger partial charge in [-0.15, -0.1) is 0 Å². The lowest BCUT2D eigenvalue weighted by atomic mass is 9.97. The Morgan fingerprint density at radius 1 is 1.34 bits per heavy atom. The predicted molar refractivity (Wildman–Crippen MR) is 119 cm³/mol. The van der Waals surface area contributed by atoms with Gasteiger partial charge in [-0.1, -0.05) is 0 Å². The molecule has 0 amide bonds. The van der Waals surface area contributed by atoms with Gasteiger partial charge in [-0.3, -0.25) is 4.99 Å². The largest absolute Gasteiger partial charge is 0.494 e. The van der Waals surface area contributed by atoms with E-state index in [1.807, 2.05) is 14.0 Å². The third-order valence-electron chi connectivity index (χ3n) is 5.89. The third kappa shape index (κ3) is 5.78. The van der Waals surface area contributed by atoms with Crippen molar-refractivity contribution in [2.75, 3.05) is 33.3 Å². The number of fused-ring (bicyclic) bond motifs is 1. The molecule has 2 N–H and O–H groups in total. The van der Waals surface area contributed by atoms with Crippen LogP contribution >= 0.6 is 0 Å². The highest BCUT2D eigenvalue weighted by Crippen LogP contribution is 2.35. The first-order valence-corrected chi connectivity index (χ1v) is 11.1. The van der Waals surface area contributed by atoms with E-state index < -0.39 is 0 Å². The van der Waals surface area contributed by atoms with E-state index in [-0.39, 0.29) is 6.10 Å². The van der Waals surface area contributed by atoms with Gasteiger partial charge in [0, 0.05) is 50.3 Å². The summed E-state index contributed by atoms with van der Waals surface area (Å²) in [7, 11) is 1.83. The minimum Gasteiger partial charge on any atom is -0.494 e. The number of nitrogens with one attached hydrogen (secondary N) is 2. The average molecular weight is 403 g/mol. The Morgan fingerprint density at radius 2 is 2.17 bits per heavy atom. The smallest absolute Gasteiger partial charge is 0.191 e. The number of ether oxygens (including phenoxy) is 2. The van der Waals surface area contributed by atoms with Crippen LogP contribution in [-0.2, 0) is 13.0 Å². The fraction of sp³-hybridized carbons (Fsp3) is 0.696. The van der Waals surface area contributed by atoms with Crippen molar-refractivity contribution in [1.82, 2.24) is 15.5 Å². The van der Waals surface area contributed by atoms with Crippen molar-refractivity contribution in [2.45, 2.75) is 65.6 Å². The molecule has 1 fully saturated rings. The summed E-state index contributed by atoms with van der Waals surface area (Å²) in [5.74, 6) is 3.42. The van der Waals surface area contributed by atoms with Gasteiger partial charge in [0.05, 0.1) is 6.61 Å². The summed E-state index contributed by atoms with van der Waals surface area (Å²) >= 11 is 0. The molecule has 1 saturated heterocycles. The van der Waals surface area contributed by atoms with Crippen molar-refractivity contribution >= 4 is 5.96 Å². The molecule has 1 aromatic carbocycles. The van der Waals surface area contributed by atoms with Gasteiger partial charge in [0.1, 0.15) is 17.6 Å². The summed E-state index contributed by atoms with van der Waals surface area (Å²) in [6, 6.07) is 4.88. The van der Waals surface area contributed by atoms with Crippen LogP contribution in [0.2, 0.25) is 0 Å². The van der Waals surface area contributed by atoms with Crippen LogP contribution in [0.4, 0.5) is 0 Å². The highest BCUT2D eigenvalue weighted by atomic mass is 16.5. The van der Waals surface area contributed by atoms with E-state index in [2.05, 4.69) is 53.4 Å². The number of piperidine rings is 1. The zero-order chi connectivity index (χ0) is 20.8. The molecule has 0 saturated carbocycles. The van der Waals surface area contributed by atoms with E-state index in [1.54, 1.807) is 0 Å². The fourth-order valence-electron chi connectivity index (χ4n) is 4.28. The SMILES string of the molecule is CCOc1cc2c(cc1CNC(=NC)NCC1CCCN(C(C)C)C1)OC(C)C2. The second-order valence-electron chi connectivity index (χ2n) is 8.54. The first-order valence-electron chi connectivity index (χ1n) is 11.1. The number of likely N-dealkylation sites (tertiary alicyclic amines) is 1. The number of guanidine groups is 1. The van der Waals surface area contributed by atoms with Crippen LogP contribution in [-0.4, -0.2) is 56.3 Å². The third-order valence-corrected chi connectivity index (χ3v) is 5.89. The van der Waals surface area contributed by atoms with Crippen LogP contribution in [0, 0.1) is 5.92 Å². The molecule has 0 aliphatic carbocycles. The minimum atomic E-state index is 0.234. The molecule has 1 aromatic rings. The van der Waals surface area contributed by atoms with E-state index in [1.165, 1.54) is 24.9 Å². The topological polar surface area (TPSA) is 58.1 Å². The zero-order valence-corrected chi connectivity index (χ0v) is 18.8.